The lowest BCUT2D eigenvalue weighted by atomic mass is 9.86. The molecule has 0 atom stereocenters. The molecule has 0 amide bonds. The number of fused-ring (bicyclic) bond motifs is 1. The van der Waals surface area contributed by atoms with Gasteiger partial charge in [-0.2, -0.15) is 0 Å². The Morgan fingerprint density at radius 3 is 2.34 bits per heavy atom. The monoisotopic (exact) mass is 385 g/mol. The molecule has 0 radical (unpaired) electrons. The van der Waals surface area contributed by atoms with Gasteiger partial charge in [-0.3, -0.25) is 0 Å². The molecule has 0 aliphatic rings. The Hall–Kier alpha value is -3.20. The zero-order valence-corrected chi connectivity index (χ0v) is 17.5. The average molecular weight is 386 g/mol. The second kappa shape index (κ2) is 7.67. The standard InChI is InChI=1S/C26H27NO2/c1-26(2,3)20-9-7-8-18(16-20)17-29-25-22-10-5-6-11-23(22)27-24(25)19-12-14-21(28-4)15-13-19/h5-16,27H,17H2,1-4H3. The highest BCUT2D eigenvalue weighted by Gasteiger charge is 2.16. The first-order valence-electron chi connectivity index (χ1n) is 9.93. The molecule has 0 saturated carbocycles. The van der Waals surface area contributed by atoms with Crippen LogP contribution in [0.3, 0.4) is 0 Å². The molecule has 0 unspecified atom stereocenters. The maximum atomic E-state index is 6.39. The van der Waals surface area contributed by atoms with Crippen LogP contribution in [0.5, 0.6) is 11.5 Å². The second-order valence-corrected chi connectivity index (χ2v) is 8.34. The molecule has 29 heavy (non-hydrogen) atoms. The molecule has 0 aliphatic heterocycles. The summed E-state index contributed by atoms with van der Waals surface area (Å²) in [5, 5.41) is 1.09. The molecule has 0 fully saturated rings. The molecule has 0 spiro atoms. The molecule has 0 aliphatic carbocycles. The van der Waals surface area contributed by atoms with Gasteiger partial charge in [0.05, 0.1) is 12.8 Å². The average Bonchev–Trinajstić information content (AvgIpc) is 3.10. The maximum absolute atomic E-state index is 6.39. The minimum atomic E-state index is 0.116. The number of para-hydroxylation sites is 1. The van der Waals surface area contributed by atoms with Crippen molar-refractivity contribution in [2.75, 3.05) is 7.11 Å². The van der Waals surface area contributed by atoms with E-state index < -0.39 is 0 Å². The normalized spacial score (nSPS) is 11.6. The van der Waals surface area contributed by atoms with Crippen LogP contribution < -0.4 is 9.47 Å². The predicted molar refractivity (Wildman–Crippen MR) is 120 cm³/mol. The van der Waals surface area contributed by atoms with Crippen molar-refractivity contribution in [2.24, 2.45) is 0 Å². The predicted octanol–water partition coefficient (Wildman–Crippen LogP) is 6.72. The number of hydrogen-bond acceptors (Lipinski definition) is 2. The Balaban J connectivity index is 1.69. The molecular weight excluding hydrogens is 358 g/mol. The van der Waals surface area contributed by atoms with E-state index in [0.29, 0.717) is 6.61 Å². The van der Waals surface area contributed by atoms with Gasteiger partial charge in [0, 0.05) is 16.5 Å². The van der Waals surface area contributed by atoms with E-state index in [-0.39, 0.29) is 5.41 Å². The van der Waals surface area contributed by atoms with Crippen LogP contribution in [0.2, 0.25) is 0 Å². The summed E-state index contributed by atoms with van der Waals surface area (Å²) in [5.74, 6) is 1.72. The second-order valence-electron chi connectivity index (χ2n) is 8.34. The van der Waals surface area contributed by atoms with Gasteiger partial charge in [-0.25, -0.2) is 0 Å². The van der Waals surface area contributed by atoms with Crippen LogP contribution in [0.15, 0.2) is 72.8 Å². The van der Waals surface area contributed by atoms with E-state index in [0.717, 1.165) is 33.7 Å². The fourth-order valence-corrected chi connectivity index (χ4v) is 3.51. The molecule has 1 aromatic heterocycles. The van der Waals surface area contributed by atoms with Gasteiger partial charge in [-0.15, -0.1) is 0 Å². The van der Waals surface area contributed by atoms with Gasteiger partial charge in [0.25, 0.3) is 0 Å². The molecule has 0 saturated heterocycles. The number of aromatic amines is 1. The number of hydrogen-bond donors (Lipinski definition) is 1. The zero-order chi connectivity index (χ0) is 20.4. The van der Waals surface area contributed by atoms with Crippen molar-refractivity contribution in [3.8, 4) is 22.8 Å². The van der Waals surface area contributed by atoms with E-state index in [1.165, 1.54) is 11.1 Å². The quantitative estimate of drug-likeness (QED) is 0.414. The van der Waals surface area contributed by atoms with E-state index in [1.54, 1.807) is 7.11 Å². The molecule has 148 valence electrons. The van der Waals surface area contributed by atoms with Gasteiger partial charge >= 0.3 is 0 Å². The summed E-state index contributed by atoms with van der Waals surface area (Å²) in [6.45, 7) is 7.21. The van der Waals surface area contributed by atoms with Crippen LogP contribution in [-0.4, -0.2) is 12.1 Å². The molecule has 4 rings (SSSR count). The van der Waals surface area contributed by atoms with Crippen molar-refractivity contribution in [1.29, 1.82) is 0 Å². The molecule has 3 aromatic carbocycles. The van der Waals surface area contributed by atoms with E-state index in [1.807, 2.05) is 24.3 Å². The largest absolute Gasteiger partial charge is 0.497 e. The van der Waals surface area contributed by atoms with Gasteiger partial charge in [-0.1, -0.05) is 57.2 Å². The maximum Gasteiger partial charge on any atom is 0.153 e. The van der Waals surface area contributed by atoms with Crippen LogP contribution >= 0.6 is 0 Å². The smallest absolute Gasteiger partial charge is 0.153 e. The Morgan fingerprint density at radius 1 is 0.862 bits per heavy atom. The van der Waals surface area contributed by atoms with E-state index in [4.69, 9.17) is 9.47 Å². The molecule has 0 bridgehead atoms. The zero-order valence-electron chi connectivity index (χ0n) is 17.5. The highest BCUT2D eigenvalue weighted by atomic mass is 16.5. The van der Waals surface area contributed by atoms with E-state index in [9.17, 15) is 0 Å². The number of H-pyrrole nitrogens is 1. The number of benzene rings is 3. The third kappa shape index (κ3) is 4.00. The fourth-order valence-electron chi connectivity index (χ4n) is 3.51. The van der Waals surface area contributed by atoms with Crippen LogP contribution in [0.4, 0.5) is 0 Å². The molecule has 3 heteroatoms. The van der Waals surface area contributed by atoms with Gasteiger partial charge in [0.1, 0.15) is 12.4 Å². The van der Waals surface area contributed by atoms with E-state index >= 15 is 0 Å². The first-order valence-corrected chi connectivity index (χ1v) is 9.93. The minimum absolute atomic E-state index is 0.116. The summed E-state index contributed by atoms with van der Waals surface area (Å²) >= 11 is 0. The van der Waals surface area contributed by atoms with Crippen LogP contribution in [-0.2, 0) is 12.0 Å². The lowest BCUT2D eigenvalue weighted by Gasteiger charge is -2.20. The minimum Gasteiger partial charge on any atom is -0.497 e. The first-order chi connectivity index (χ1) is 14.0. The molecule has 3 nitrogen and oxygen atoms in total. The summed E-state index contributed by atoms with van der Waals surface area (Å²) in [4.78, 5) is 3.52. The van der Waals surface area contributed by atoms with Crippen LogP contribution in [0.1, 0.15) is 31.9 Å². The topological polar surface area (TPSA) is 34.2 Å². The highest BCUT2D eigenvalue weighted by molar-refractivity contribution is 5.94. The van der Waals surface area contributed by atoms with Crippen molar-refractivity contribution in [2.45, 2.75) is 32.8 Å². The van der Waals surface area contributed by atoms with E-state index in [2.05, 4.69) is 74.3 Å². The molecular formula is C26H27NO2. The van der Waals surface area contributed by atoms with Crippen molar-refractivity contribution < 1.29 is 9.47 Å². The third-order valence-corrected chi connectivity index (χ3v) is 5.21. The number of nitrogens with one attached hydrogen (secondary N) is 1. The molecule has 1 heterocycles. The van der Waals surface area contributed by atoms with Gasteiger partial charge in [-0.05, 0) is 52.9 Å². The Labute approximate surface area is 172 Å². The number of ether oxygens (including phenoxy) is 2. The number of rotatable bonds is 5. The molecule has 4 aromatic rings. The van der Waals surface area contributed by atoms with Crippen LogP contribution in [0.25, 0.3) is 22.2 Å². The highest BCUT2D eigenvalue weighted by Crippen LogP contribution is 2.38. The summed E-state index contributed by atoms with van der Waals surface area (Å²) in [6.07, 6.45) is 0. The Morgan fingerprint density at radius 2 is 1.62 bits per heavy atom. The van der Waals surface area contributed by atoms with Crippen molar-refractivity contribution in [3.63, 3.8) is 0 Å². The van der Waals surface area contributed by atoms with Crippen LogP contribution in [0, 0.1) is 0 Å². The lowest BCUT2D eigenvalue weighted by molar-refractivity contribution is 0.311. The summed E-state index contributed by atoms with van der Waals surface area (Å²) in [7, 11) is 1.68. The summed E-state index contributed by atoms with van der Waals surface area (Å²) < 4.78 is 11.7. The lowest BCUT2D eigenvalue weighted by Crippen LogP contribution is -2.11. The third-order valence-electron chi connectivity index (χ3n) is 5.21. The number of aromatic nitrogens is 1. The Bertz CT molecular complexity index is 1120. The number of methoxy groups -OCH3 is 1. The van der Waals surface area contributed by atoms with Crippen molar-refractivity contribution in [3.05, 3.63) is 83.9 Å². The Kier molecular flexibility index (Phi) is 5.06. The molecule has 1 N–H and O–H groups in total. The SMILES string of the molecule is COc1ccc(-c2[nH]c3ccccc3c2OCc2cccc(C(C)(C)C)c2)cc1. The first kappa shape index (κ1) is 19.1. The fraction of sp³-hybridized carbons (Fsp3) is 0.231. The van der Waals surface area contributed by atoms with Gasteiger partial charge in [0.2, 0.25) is 0 Å². The van der Waals surface area contributed by atoms with Gasteiger partial charge < -0.3 is 14.5 Å². The summed E-state index contributed by atoms with van der Waals surface area (Å²) in [5.41, 5.74) is 5.72. The van der Waals surface area contributed by atoms with Crippen molar-refractivity contribution in [1.82, 2.24) is 4.98 Å². The summed E-state index contributed by atoms with van der Waals surface area (Å²) in [6, 6.07) is 24.9. The van der Waals surface area contributed by atoms with Crippen molar-refractivity contribution >= 4 is 10.9 Å². The van der Waals surface area contributed by atoms with Gasteiger partial charge in [0.15, 0.2) is 5.75 Å².